The van der Waals surface area contributed by atoms with E-state index in [1.54, 1.807) is 0 Å². The molecule has 0 aromatic heterocycles. The van der Waals surface area contributed by atoms with Crippen LogP contribution < -0.4 is 0 Å². The van der Waals surface area contributed by atoms with E-state index >= 15 is 0 Å². The van der Waals surface area contributed by atoms with E-state index in [9.17, 15) is 0 Å². The molecule has 0 spiro atoms. The van der Waals surface area contributed by atoms with E-state index in [0.29, 0.717) is 5.16 Å². The van der Waals surface area contributed by atoms with Gasteiger partial charge in [-0.25, -0.2) is 0 Å². The van der Waals surface area contributed by atoms with E-state index < -0.39 is 0 Å². The third-order valence-electron chi connectivity index (χ3n) is 2.54. The van der Waals surface area contributed by atoms with Crippen LogP contribution in [0.2, 0.25) is 0 Å². The van der Waals surface area contributed by atoms with Crippen LogP contribution in [-0.2, 0) is 4.52 Å². The molecule has 0 amide bonds. The van der Waals surface area contributed by atoms with Crippen molar-refractivity contribution in [3.63, 3.8) is 0 Å². The van der Waals surface area contributed by atoms with E-state index in [-0.39, 0.29) is 8.30 Å². The Kier molecular flexibility index (Phi) is 2.18. The number of fused-ring (bicyclic) bond motifs is 1. The van der Waals surface area contributed by atoms with Crippen LogP contribution in [0.4, 0.5) is 0 Å². The normalized spacial score (nSPS) is 37.2. The standard InChI is InChI=1S/C9H18NOP/c1-9(2,3)12-10-6-4-5-8(10)7-11-12/h8H,4-7H2,1-3H3. The Labute approximate surface area is 76.2 Å². The van der Waals surface area contributed by atoms with E-state index in [4.69, 9.17) is 4.52 Å². The van der Waals surface area contributed by atoms with Crippen LogP contribution in [0.25, 0.3) is 0 Å². The van der Waals surface area contributed by atoms with Crippen LogP contribution in [0.15, 0.2) is 0 Å². The molecule has 2 atom stereocenters. The van der Waals surface area contributed by atoms with Gasteiger partial charge in [0, 0.05) is 17.7 Å². The summed E-state index contributed by atoms with van der Waals surface area (Å²) in [5.74, 6) is 0. The van der Waals surface area contributed by atoms with Crippen molar-refractivity contribution in [1.82, 2.24) is 4.67 Å². The molecule has 2 fully saturated rings. The lowest BCUT2D eigenvalue weighted by Gasteiger charge is -2.31. The highest BCUT2D eigenvalue weighted by Gasteiger charge is 2.43. The molecule has 2 heterocycles. The van der Waals surface area contributed by atoms with Crippen LogP contribution in [0.3, 0.4) is 0 Å². The first-order valence-corrected chi connectivity index (χ1v) is 6.00. The lowest BCUT2D eigenvalue weighted by molar-refractivity contribution is 0.338. The van der Waals surface area contributed by atoms with Crippen LogP contribution >= 0.6 is 8.30 Å². The molecule has 0 radical (unpaired) electrons. The average molecular weight is 187 g/mol. The van der Waals surface area contributed by atoms with Crippen molar-refractivity contribution < 1.29 is 4.52 Å². The molecule has 70 valence electrons. The second-order valence-electron chi connectivity index (χ2n) is 4.70. The average Bonchev–Trinajstić information content (AvgIpc) is 2.37. The smallest absolute Gasteiger partial charge is 0.110 e. The molecule has 2 aliphatic rings. The first-order chi connectivity index (χ1) is 5.59. The molecule has 2 nitrogen and oxygen atoms in total. The van der Waals surface area contributed by atoms with E-state index in [1.165, 1.54) is 19.4 Å². The summed E-state index contributed by atoms with van der Waals surface area (Å²) in [5, 5.41) is 0.342. The van der Waals surface area contributed by atoms with Gasteiger partial charge in [-0.3, -0.25) is 4.67 Å². The summed E-state index contributed by atoms with van der Waals surface area (Å²) in [6, 6.07) is 0.760. The molecule has 2 saturated heterocycles. The monoisotopic (exact) mass is 187 g/mol. The van der Waals surface area contributed by atoms with E-state index in [1.807, 2.05) is 0 Å². The molecule has 0 aromatic rings. The van der Waals surface area contributed by atoms with E-state index in [2.05, 4.69) is 25.4 Å². The van der Waals surface area contributed by atoms with Gasteiger partial charge in [-0.1, -0.05) is 20.8 Å². The van der Waals surface area contributed by atoms with Crippen LogP contribution in [-0.4, -0.2) is 29.0 Å². The Hall–Kier alpha value is 0.350. The first kappa shape index (κ1) is 8.93. The number of hydrogen-bond acceptors (Lipinski definition) is 2. The lowest BCUT2D eigenvalue weighted by Crippen LogP contribution is -2.25. The summed E-state index contributed by atoms with van der Waals surface area (Å²) >= 11 is 0. The number of nitrogens with zero attached hydrogens (tertiary/aromatic N) is 1. The van der Waals surface area contributed by atoms with Gasteiger partial charge in [0.2, 0.25) is 0 Å². The van der Waals surface area contributed by atoms with Crippen LogP contribution in [0, 0.1) is 0 Å². The van der Waals surface area contributed by atoms with Gasteiger partial charge in [0.25, 0.3) is 0 Å². The Balaban J connectivity index is 2.09. The minimum Gasteiger partial charge on any atom is -0.341 e. The Bertz CT molecular complexity index is 178. The highest BCUT2D eigenvalue weighted by molar-refractivity contribution is 7.52. The fraction of sp³-hybridized carbons (Fsp3) is 1.00. The molecule has 3 heteroatoms. The quantitative estimate of drug-likeness (QED) is 0.540. The summed E-state index contributed by atoms with van der Waals surface area (Å²) in [4.78, 5) is 0. The van der Waals surface area contributed by atoms with Gasteiger partial charge in [0.1, 0.15) is 8.30 Å². The molecule has 0 bridgehead atoms. The maximum Gasteiger partial charge on any atom is 0.110 e. The predicted molar refractivity (Wildman–Crippen MR) is 52.4 cm³/mol. The van der Waals surface area contributed by atoms with Crippen molar-refractivity contribution in [2.75, 3.05) is 13.2 Å². The zero-order chi connectivity index (χ0) is 8.77. The molecule has 0 saturated carbocycles. The largest absolute Gasteiger partial charge is 0.341 e. The molecule has 0 aliphatic carbocycles. The zero-order valence-electron chi connectivity index (χ0n) is 8.21. The summed E-state index contributed by atoms with van der Waals surface area (Å²) in [5.41, 5.74) is 0. The van der Waals surface area contributed by atoms with Crippen molar-refractivity contribution in [3.8, 4) is 0 Å². The second-order valence-corrected chi connectivity index (χ2v) is 7.36. The summed E-state index contributed by atoms with van der Waals surface area (Å²) < 4.78 is 8.48. The van der Waals surface area contributed by atoms with Gasteiger partial charge >= 0.3 is 0 Å². The summed E-state index contributed by atoms with van der Waals surface area (Å²) in [7, 11) is -0.293. The predicted octanol–water partition coefficient (Wildman–Crippen LogP) is 2.59. The lowest BCUT2D eigenvalue weighted by atomic mass is 10.2. The van der Waals surface area contributed by atoms with Gasteiger partial charge in [-0.2, -0.15) is 0 Å². The maximum atomic E-state index is 5.88. The molecular formula is C9H18NOP. The second kappa shape index (κ2) is 2.94. The summed E-state index contributed by atoms with van der Waals surface area (Å²) in [6.07, 6.45) is 2.73. The Morgan fingerprint density at radius 1 is 1.42 bits per heavy atom. The molecule has 0 aromatic carbocycles. The molecule has 2 rings (SSSR count). The fourth-order valence-corrected chi connectivity index (χ4v) is 4.46. The highest BCUT2D eigenvalue weighted by atomic mass is 31.2. The molecule has 2 unspecified atom stereocenters. The van der Waals surface area contributed by atoms with Gasteiger partial charge in [-0.05, 0) is 12.8 Å². The molecule has 0 N–H and O–H groups in total. The first-order valence-electron chi connectivity index (χ1n) is 4.79. The minimum absolute atomic E-state index is 0.293. The van der Waals surface area contributed by atoms with Gasteiger partial charge in [-0.15, -0.1) is 0 Å². The molecule has 12 heavy (non-hydrogen) atoms. The fourth-order valence-electron chi connectivity index (χ4n) is 2.04. The SMILES string of the molecule is CC(C)(C)P1OCC2CCCN21. The van der Waals surface area contributed by atoms with Crippen LogP contribution in [0.1, 0.15) is 33.6 Å². The zero-order valence-corrected chi connectivity index (χ0v) is 9.10. The van der Waals surface area contributed by atoms with Gasteiger partial charge < -0.3 is 4.52 Å². The third-order valence-corrected chi connectivity index (χ3v) is 5.08. The highest BCUT2D eigenvalue weighted by Crippen LogP contribution is 2.60. The van der Waals surface area contributed by atoms with Crippen LogP contribution in [0.5, 0.6) is 0 Å². The molecule has 2 aliphatic heterocycles. The van der Waals surface area contributed by atoms with Crippen molar-refractivity contribution in [1.29, 1.82) is 0 Å². The van der Waals surface area contributed by atoms with Crippen molar-refractivity contribution in [2.24, 2.45) is 0 Å². The third kappa shape index (κ3) is 1.41. The summed E-state index contributed by atoms with van der Waals surface area (Å²) in [6.45, 7) is 9.13. The van der Waals surface area contributed by atoms with E-state index in [0.717, 1.165) is 12.6 Å². The molecular weight excluding hydrogens is 169 g/mol. The number of rotatable bonds is 0. The Morgan fingerprint density at radius 2 is 2.17 bits per heavy atom. The van der Waals surface area contributed by atoms with Crippen molar-refractivity contribution >= 4 is 8.30 Å². The maximum absolute atomic E-state index is 5.88. The van der Waals surface area contributed by atoms with Crippen molar-refractivity contribution in [3.05, 3.63) is 0 Å². The van der Waals surface area contributed by atoms with Gasteiger partial charge in [0.05, 0.1) is 6.61 Å². The van der Waals surface area contributed by atoms with Gasteiger partial charge in [0.15, 0.2) is 0 Å². The van der Waals surface area contributed by atoms with Crippen molar-refractivity contribution in [2.45, 2.75) is 44.8 Å². The topological polar surface area (TPSA) is 12.5 Å². The minimum atomic E-state index is -0.293. The Morgan fingerprint density at radius 3 is 2.83 bits per heavy atom. The number of hydrogen-bond donors (Lipinski definition) is 0.